The second-order valence-corrected chi connectivity index (χ2v) is 12.8. The molecular weight excluding hydrogens is 613 g/mol. The minimum atomic E-state index is -0.247. The van der Waals surface area contributed by atoms with Gasteiger partial charge in [0.2, 0.25) is 5.91 Å². The van der Waals surface area contributed by atoms with E-state index in [1.54, 1.807) is 23.0 Å². The third-order valence-electron chi connectivity index (χ3n) is 7.91. The van der Waals surface area contributed by atoms with Crippen molar-refractivity contribution in [3.8, 4) is 22.9 Å². The summed E-state index contributed by atoms with van der Waals surface area (Å²) in [7, 11) is 1.61. The number of nitrogens with one attached hydrogen (secondary N) is 1. The molecular formula is C33H38N4O6S2. The van der Waals surface area contributed by atoms with Crippen molar-refractivity contribution in [1.82, 2.24) is 9.55 Å². The maximum atomic E-state index is 14.1. The Kier molecular flexibility index (Phi) is 9.82. The molecule has 2 aromatic carbocycles. The molecule has 1 aliphatic carbocycles. The lowest BCUT2D eigenvalue weighted by Gasteiger charge is -2.31. The molecule has 238 valence electrons. The summed E-state index contributed by atoms with van der Waals surface area (Å²) in [5, 5.41) is 4.19. The van der Waals surface area contributed by atoms with Gasteiger partial charge in [-0.25, -0.2) is 4.98 Å². The van der Waals surface area contributed by atoms with Crippen molar-refractivity contribution >= 4 is 50.6 Å². The van der Waals surface area contributed by atoms with Crippen molar-refractivity contribution in [2.75, 3.05) is 62.6 Å². The van der Waals surface area contributed by atoms with Gasteiger partial charge in [0.25, 0.3) is 5.56 Å². The van der Waals surface area contributed by atoms with E-state index in [1.165, 1.54) is 16.6 Å². The summed E-state index contributed by atoms with van der Waals surface area (Å²) in [4.78, 5) is 36.7. The monoisotopic (exact) mass is 650 g/mol. The zero-order valence-corrected chi connectivity index (χ0v) is 27.5. The number of carbonyl (C=O) groups excluding carboxylic acids is 1. The molecule has 0 bridgehead atoms. The number of benzene rings is 2. The van der Waals surface area contributed by atoms with Crippen molar-refractivity contribution in [1.29, 1.82) is 0 Å². The summed E-state index contributed by atoms with van der Waals surface area (Å²) < 4.78 is 24.5. The zero-order chi connectivity index (χ0) is 31.3. The molecule has 1 N–H and O–H groups in total. The molecule has 0 radical (unpaired) electrons. The number of aryl methyl sites for hydroxylation is 2. The second-order valence-electron chi connectivity index (χ2n) is 10.7. The highest BCUT2D eigenvalue weighted by Crippen LogP contribution is 2.40. The number of nitrogens with zero attached hydrogens (tertiary/aromatic N) is 3. The van der Waals surface area contributed by atoms with E-state index in [0.29, 0.717) is 65.6 Å². The third kappa shape index (κ3) is 6.63. The number of hydrogen-bond donors (Lipinski definition) is 1. The largest absolute Gasteiger partial charge is 0.497 e. The topological polar surface area (TPSA) is 104 Å². The molecule has 45 heavy (non-hydrogen) atoms. The van der Waals surface area contributed by atoms with Gasteiger partial charge < -0.3 is 29.2 Å². The molecule has 0 unspecified atom stereocenters. The molecule has 1 saturated heterocycles. The van der Waals surface area contributed by atoms with Gasteiger partial charge >= 0.3 is 0 Å². The molecule has 10 nitrogen and oxygen atoms in total. The first kappa shape index (κ1) is 31.3. The van der Waals surface area contributed by atoms with Crippen LogP contribution in [0.2, 0.25) is 0 Å². The van der Waals surface area contributed by atoms with E-state index >= 15 is 0 Å². The SMILES string of the molecule is CCOc1cc(N2CCOCC2)c(OCC)cc1NC(=O)CSc1nc2sc3c(c2c(=O)n1-c1ccc(OC)cc1)CCCC3. The summed E-state index contributed by atoms with van der Waals surface area (Å²) >= 11 is 2.84. The minimum absolute atomic E-state index is 0.0416. The molecule has 4 aromatic rings. The van der Waals surface area contributed by atoms with Crippen LogP contribution >= 0.6 is 23.1 Å². The minimum Gasteiger partial charge on any atom is -0.497 e. The Hall–Kier alpha value is -3.74. The maximum absolute atomic E-state index is 14.1. The first-order chi connectivity index (χ1) is 22.0. The van der Waals surface area contributed by atoms with Crippen molar-refractivity contribution < 1.29 is 23.7 Å². The van der Waals surface area contributed by atoms with Gasteiger partial charge in [-0.3, -0.25) is 14.2 Å². The number of aromatic nitrogens is 2. The predicted molar refractivity (Wildman–Crippen MR) is 180 cm³/mol. The lowest BCUT2D eigenvalue weighted by atomic mass is 9.97. The van der Waals surface area contributed by atoms with Gasteiger partial charge in [-0.1, -0.05) is 11.8 Å². The smallest absolute Gasteiger partial charge is 0.267 e. The van der Waals surface area contributed by atoms with Crippen LogP contribution < -0.4 is 30.0 Å². The lowest BCUT2D eigenvalue weighted by molar-refractivity contribution is -0.113. The highest BCUT2D eigenvalue weighted by atomic mass is 32.2. The Morgan fingerprint density at radius 2 is 1.78 bits per heavy atom. The normalized spacial score (nSPS) is 14.7. The fourth-order valence-electron chi connectivity index (χ4n) is 5.80. The van der Waals surface area contributed by atoms with E-state index in [0.717, 1.165) is 54.9 Å². The van der Waals surface area contributed by atoms with Crippen LogP contribution in [0.3, 0.4) is 0 Å². The van der Waals surface area contributed by atoms with E-state index in [9.17, 15) is 9.59 Å². The number of thiophene rings is 1. The van der Waals surface area contributed by atoms with Crippen molar-refractivity contribution in [3.63, 3.8) is 0 Å². The Bertz CT molecular complexity index is 1730. The van der Waals surface area contributed by atoms with E-state index < -0.39 is 0 Å². The average molecular weight is 651 g/mol. The zero-order valence-electron chi connectivity index (χ0n) is 25.8. The van der Waals surface area contributed by atoms with Crippen LogP contribution in [0.4, 0.5) is 11.4 Å². The highest BCUT2D eigenvalue weighted by Gasteiger charge is 2.24. The van der Waals surface area contributed by atoms with Crippen LogP contribution in [0, 0.1) is 0 Å². The standard InChI is InChI=1S/C33H38N4O6S2/c1-4-42-26-19-25(36-14-16-41-17-15-36)27(43-5-2)18-24(26)34-29(38)20-44-33-35-31-30(23-8-6-7-9-28(23)45-31)32(39)37(33)21-10-12-22(40-3)13-11-21/h10-13,18-19H,4-9,14-17,20H2,1-3H3,(H,34,38). The molecule has 2 aromatic heterocycles. The Morgan fingerprint density at radius 1 is 1.04 bits per heavy atom. The molecule has 3 heterocycles. The summed E-state index contributed by atoms with van der Waals surface area (Å²) in [5.74, 6) is 1.73. The van der Waals surface area contributed by atoms with Gasteiger partial charge in [-0.2, -0.15) is 0 Å². The average Bonchev–Trinajstić information content (AvgIpc) is 3.44. The quantitative estimate of drug-likeness (QED) is 0.162. The first-order valence-electron chi connectivity index (χ1n) is 15.4. The molecule has 2 aliphatic rings. The Balaban J connectivity index is 1.30. The van der Waals surface area contributed by atoms with Crippen LogP contribution in [-0.2, 0) is 22.4 Å². The van der Waals surface area contributed by atoms with Crippen molar-refractivity contribution in [2.24, 2.45) is 0 Å². The van der Waals surface area contributed by atoms with Crippen molar-refractivity contribution in [3.05, 3.63) is 57.2 Å². The Labute approximate surface area is 270 Å². The number of methoxy groups -OCH3 is 1. The van der Waals surface area contributed by atoms with Crippen LogP contribution in [0.5, 0.6) is 17.2 Å². The van der Waals surface area contributed by atoms with Gasteiger partial charge in [0.15, 0.2) is 5.16 Å². The number of thioether (sulfide) groups is 1. The second kappa shape index (κ2) is 14.1. The fraction of sp³-hybridized carbons (Fsp3) is 0.424. The molecule has 1 amide bonds. The number of rotatable bonds is 11. The van der Waals surface area contributed by atoms with Gasteiger partial charge in [0.1, 0.15) is 22.1 Å². The highest BCUT2D eigenvalue weighted by molar-refractivity contribution is 7.99. The molecule has 1 aliphatic heterocycles. The fourth-order valence-corrected chi connectivity index (χ4v) is 7.92. The van der Waals surface area contributed by atoms with Crippen molar-refractivity contribution in [2.45, 2.75) is 44.7 Å². The van der Waals surface area contributed by atoms with Gasteiger partial charge in [-0.05, 0) is 69.4 Å². The Morgan fingerprint density at radius 3 is 2.51 bits per heavy atom. The van der Waals surface area contributed by atoms with E-state index in [4.69, 9.17) is 23.9 Å². The van der Waals surface area contributed by atoms with Gasteiger partial charge in [0, 0.05) is 30.1 Å². The molecule has 0 spiro atoms. The number of ether oxygens (including phenoxy) is 4. The van der Waals surface area contributed by atoms with Gasteiger partial charge in [-0.15, -0.1) is 11.3 Å². The van der Waals surface area contributed by atoms with Crippen LogP contribution in [-0.4, -0.2) is 67.8 Å². The number of amides is 1. The van der Waals surface area contributed by atoms with Crippen LogP contribution in [0.1, 0.15) is 37.1 Å². The molecule has 1 fully saturated rings. The number of fused-ring (bicyclic) bond motifs is 3. The lowest BCUT2D eigenvalue weighted by Crippen LogP contribution is -2.36. The first-order valence-corrected chi connectivity index (χ1v) is 17.2. The van der Waals surface area contributed by atoms with E-state index in [-0.39, 0.29) is 17.2 Å². The number of carbonyl (C=O) groups is 1. The van der Waals surface area contributed by atoms with E-state index in [2.05, 4.69) is 10.2 Å². The summed E-state index contributed by atoms with van der Waals surface area (Å²) in [6, 6.07) is 11.1. The molecule has 0 atom stereocenters. The summed E-state index contributed by atoms with van der Waals surface area (Å²) in [6.45, 7) is 7.54. The maximum Gasteiger partial charge on any atom is 0.267 e. The number of anilines is 2. The van der Waals surface area contributed by atoms with Gasteiger partial charge in [0.05, 0.1) is 61.7 Å². The van der Waals surface area contributed by atoms with E-state index in [1.807, 2.05) is 50.2 Å². The molecule has 6 rings (SSSR count). The number of morpholine rings is 1. The summed E-state index contributed by atoms with van der Waals surface area (Å²) in [6.07, 6.45) is 4.05. The predicted octanol–water partition coefficient (Wildman–Crippen LogP) is 5.70. The molecule has 12 heteroatoms. The summed E-state index contributed by atoms with van der Waals surface area (Å²) in [5.41, 5.74) is 3.14. The number of hydrogen-bond acceptors (Lipinski definition) is 10. The third-order valence-corrected chi connectivity index (χ3v) is 10.0. The molecule has 0 saturated carbocycles. The van der Waals surface area contributed by atoms with Crippen LogP contribution in [0.15, 0.2) is 46.3 Å². The van der Waals surface area contributed by atoms with Crippen LogP contribution in [0.25, 0.3) is 15.9 Å².